The van der Waals surface area contributed by atoms with Crippen molar-refractivity contribution in [1.29, 1.82) is 0 Å². The van der Waals surface area contributed by atoms with Gasteiger partial charge in [-0.1, -0.05) is 24.3 Å². The summed E-state index contributed by atoms with van der Waals surface area (Å²) in [5.74, 6) is 0.804. The van der Waals surface area contributed by atoms with Crippen LogP contribution in [0, 0.1) is 5.92 Å². The van der Waals surface area contributed by atoms with Crippen LogP contribution in [0.15, 0.2) is 24.3 Å². The van der Waals surface area contributed by atoms with E-state index in [4.69, 9.17) is 4.74 Å². The Kier molecular flexibility index (Phi) is 6.51. The largest absolute Gasteiger partial charge is 0.381 e. The van der Waals surface area contributed by atoms with Gasteiger partial charge in [0.25, 0.3) is 0 Å². The molecule has 1 N–H and O–H groups in total. The molecule has 1 heterocycles. The van der Waals surface area contributed by atoms with Crippen LogP contribution in [0.2, 0.25) is 0 Å². The molecule has 20 heavy (non-hydrogen) atoms. The van der Waals surface area contributed by atoms with E-state index in [2.05, 4.69) is 41.5 Å². The molecule has 0 amide bonds. The molecule has 1 fully saturated rings. The van der Waals surface area contributed by atoms with E-state index < -0.39 is 0 Å². The summed E-state index contributed by atoms with van der Waals surface area (Å²) in [7, 11) is 4.25. The second kappa shape index (κ2) is 8.40. The average molecular weight is 276 g/mol. The molecule has 1 aliphatic heterocycles. The monoisotopic (exact) mass is 276 g/mol. The molecule has 0 spiro atoms. The minimum atomic E-state index is 0.804. The highest BCUT2D eigenvalue weighted by Gasteiger charge is 2.16. The Balaban J connectivity index is 1.87. The Bertz CT molecular complexity index is 388. The van der Waals surface area contributed by atoms with Crippen molar-refractivity contribution in [3.8, 4) is 0 Å². The van der Waals surface area contributed by atoms with Gasteiger partial charge in [-0.3, -0.25) is 0 Å². The number of likely N-dealkylation sites (N-methyl/N-ethyl adjacent to an activating group) is 1. The normalized spacial score (nSPS) is 16.8. The molecule has 112 valence electrons. The average Bonchev–Trinajstić information content (AvgIpc) is 2.47. The number of hydrogen-bond donors (Lipinski definition) is 1. The van der Waals surface area contributed by atoms with Crippen molar-refractivity contribution >= 4 is 0 Å². The van der Waals surface area contributed by atoms with E-state index in [1.807, 2.05) is 7.05 Å². The summed E-state index contributed by atoms with van der Waals surface area (Å²) in [6.07, 6.45) is 3.54. The number of ether oxygens (including phenoxy) is 1. The Morgan fingerprint density at radius 3 is 2.60 bits per heavy atom. The highest BCUT2D eigenvalue weighted by atomic mass is 16.5. The van der Waals surface area contributed by atoms with E-state index in [-0.39, 0.29) is 0 Å². The van der Waals surface area contributed by atoms with Crippen molar-refractivity contribution in [2.24, 2.45) is 5.92 Å². The van der Waals surface area contributed by atoms with Crippen molar-refractivity contribution in [2.45, 2.75) is 25.8 Å². The zero-order valence-corrected chi connectivity index (χ0v) is 12.9. The first kappa shape index (κ1) is 15.5. The molecule has 1 aromatic carbocycles. The Hall–Kier alpha value is -0.900. The summed E-state index contributed by atoms with van der Waals surface area (Å²) in [5.41, 5.74) is 2.94. The van der Waals surface area contributed by atoms with Gasteiger partial charge >= 0.3 is 0 Å². The van der Waals surface area contributed by atoms with Crippen LogP contribution in [0.4, 0.5) is 0 Å². The highest BCUT2D eigenvalue weighted by molar-refractivity contribution is 5.27. The van der Waals surface area contributed by atoms with Crippen LogP contribution in [-0.2, 0) is 17.7 Å². The molecule has 0 aliphatic carbocycles. The molecule has 2 rings (SSSR count). The lowest BCUT2D eigenvalue weighted by molar-refractivity contribution is 0.0549. The second-order valence-corrected chi connectivity index (χ2v) is 5.87. The number of nitrogens with one attached hydrogen (secondary N) is 1. The lowest BCUT2D eigenvalue weighted by Gasteiger charge is -2.27. The quantitative estimate of drug-likeness (QED) is 0.827. The Labute approximate surface area is 123 Å². The number of rotatable bonds is 7. The molecule has 1 saturated heterocycles. The molecule has 0 atom stereocenters. The first-order valence-electron chi connectivity index (χ1n) is 7.77. The fourth-order valence-electron chi connectivity index (χ4n) is 2.94. The minimum absolute atomic E-state index is 0.804. The van der Waals surface area contributed by atoms with Gasteiger partial charge in [0.15, 0.2) is 0 Å². The van der Waals surface area contributed by atoms with Gasteiger partial charge in [-0.2, -0.15) is 0 Å². The zero-order valence-electron chi connectivity index (χ0n) is 12.9. The van der Waals surface area contributed by atoms with E-state index in [1.54, 1.807) is 0 Å². The summed E-state index contributed by atoms with van der Waals surface area (Å²) < 4.78 is 5.44. The fraction of sp³-hybridized carbons (Fsp3) is 0.647. The maximum Gasteiger partial charge on any atom is 0.0469 e. The third-order valence-corrected chi connectivity index (χ3v) is 4.11. The summed E-state index contributed by atoms with van der Waals surface area (Å²) >= 11 is 0. The van der Waals surface area contributed by atoms with E-state index >= 15 is 0 Å². The smallest absolute Gasteiger partial charge is 0.0469 e. The third-order valence-electron chi connectivity index (χ3n) is 4.11. The van der Waals surface area contributed by atoms with Gasteiger partial charge in [-0.15, -0.1) is 0 Å². The predicted molar refractivity (Wildman–Crippen MR) is 83.9 cm³/mol. The van der Waals surface area contributed by atoms with Crippen molar-refractivity contribution in [3.05, 3.63) is 35.4 Å². The molecule has 1 aliphatic rings. The second-order valence-electron chi connectivity index (χ2n) is 5.87. The van der Waals surface area contributed by atoms with E-state index in [1.165, 1.54) is 30.5 Å². The maximum absolute atomic E-state index is 5.44. The van der Waals surface area contributed by atoms with Crippen molar-refractivity contribution in [2.75, 3.05) is 40.4 Å². The number of hydrogen-bond acceptors (Lipinski definition) is 3. The van der Waals surface area contributed by atoms with Gasteiger partial charge in [-0.25, -0.2) is 0 Å². The van der Waals surface area contributed by atoms with Crippen LogP contribution < -0.4 is 5.32 Å². The number of nitrogens with zero attached hydrogens (tertiary/aromatic N) is 1. The number of benzene rings is 1. The summed E-state index contributed by atoms with van der Waals surface area (Å²) in [6, 6.07) is 8.83. The summed E-state index contributed by atoms with van der Waals surface area (Å²) in [5, 5.41) is 3.23. The molecule has 1 aromatic rings. The SMILES string of the molecule is CNCCc1ccccc1CN(C)CC1CCOCC1. The van der Waals surface area contributed by atoms with Crippen LogP contribution >= 0.6 is 0 Å². The van der Waals surface area contributed by atoms with E-state index in [0.29, 0.717) is 0 Å². The van der Waals surface area contributed by atoms with Crippen LogP contribution in [-0.4, -0.2) is 45.3 Å². The molecular weight excluding hydrogens is 248 g/mol. The maximum atomic E-state index is 5.44. The standard InChI is InChI=1S/C17H28N2O/c1-18-10-7-16-5-3-4-6-17(16)14-19(2)13-15-8-11-20-12-9-15/h3-6,15,18H,7-14H2,1-2H3. The van der Waals surface area contributed by atoms with Gasteiger partial charge in [0.05, 0.1) is 0 Å². The summed E-state index contributed by atoms with van der Waals surface area (Å²) in [6.45, 7) is 5.16. The molecule has 0 saturated carbocycles. The first-order valence-corrected chi connectivity index (χ1v) is 7.77. The highest BCUT2D eigenvalue weighted by Crippen LogP contribution is 2.18. The molecule has 0 aromatic heterocycles. The summed E-state index contributed by atoms with van der Waals surface area (Å²) in [4.78, 5) is 2.47. The molecule has 3 heteroatoms. The lowest BCUT2D eigenvalue weighted by Crippen LogP contribution is -2.29. The van der Waals surface area contributed by atoms with Gasteiger partial charge in [-0.05, 0) is 56.9 Å². The van der Waals surface area contributed by atoms with Crippen molar-refractivity contribution < 1.29 is 4.74 Å². The van der Waals surface area contributed by atoms with Gasteiger partial charge in [0.2, 0.25) is 0 Å². The Morgan fingerprint density at radius 1 is 1.20 bits per heavy atom. The molecule has 0 radical (unpaired) electrons. The molecular formula is C17H28N2O. The third kappa shape index (κ3) is 4.89. The first-order chi connectivity index (χ1) is 9.79. The van der Waals surface area contributed by atoms with Crippen LogP contribution in [0.3, 0.4) is 0 Å². The molecule has 0 unspecified atom stereocenters. The predicted octanol–water partition coefficient (Wildman–Crippen LogP) is 2.31. The van der Waals surface area contributed by atoms with Gasteiger partial charge in [0, 0.05) is 26.3 Å². The molecule has 3 nitrogen and oxygen atoms in total. The Morgan fingerprint density at radius 2 is 1.90 bits per heavy atom. The van der Waals surface area contributed by atoms with E-state index in [0.717, 1.165) is 38.6 Å². The zero-order chi connectivity index (χ0) is 14.2. The topological polar surface area (TPSA) is 24.5 Å². The minimum Gasteiger partial charge on any atom is -0.381 e. The van der Waals surface area contributed by atoms with Crippen LogP contribution in [0.5, 0.6) is 0 Å². The fourth-order valence-corrected chi connectivity index (χ4v) is 2.94. The van der Waals surface area contributed by atoms with Crippen LogP contribution in [0.25, 0.3) is 0 Å². The van der Waals surface area contributed by atoms with Crippen LogP contribution in [0.1, 0.15) is 24.0 Å². The van der Waals surface area contributed by atoms with Crippen molar-refractivity contribution in [3.63, 3.8) is 0 Å². The lowest BCUT2D eigenvalue weighted by atomic mass is 9.99. The van der Waals surface area contributed by atoms with Crippen molar-refractivity contribution in [1.82, 2.24) is 10.2 Å². The molecule has 0 bridgehead atoms. The van der Waals surface area contributed by atoms with Gasteiger partial charge < -0.3 is 15.0 Å². The van der Waals surface area contributed by atoms with Gasteiger partial charge in [0.1, 0.15) is 0 Å². The van der Waals surface area contributed by atoms with E-state index in [9.17, 15) is 0 Å².